The summed E-state index contributed by atoms with van der Waals surface area (Å²) in [5.41, 5.74) is 0.208. The maximum Gasteiger partial charge on any atom is 0.133 e. The Labute approximate surface area is 82.3 Å². The van der Waals surface area contributed by atoms with Crippen LogP contribution in [0.4, 0.5) is 0 Å². The number of ether oxygens (including phenoxy) is 2. The summed E-state index contributed by atoms with van der Waals surface area (Å²) in [6, 6.07) is 6.39. The largest absolute Gasteiger partial charge is 0.507 e. The average molecular weight is 193 g/mol. The first-order valence-electron chi connectivity index (χ1n) is 4.12. The molecule has 0 aliphatic carbocycles. The summed E-state index contributed by atoms with van der Waals surface area (Å²) in [6.45, 7) is 0.912. The molecule has 0 spiro atoms. The number of hydrogen-bond donors (Lipinski definition) is 1. The molecule has 0 bridgehead atoms. The van der Waals surface area contributed by atoms with Crippen molar-refractivity contribution >= 4 is 0 Å². The van der Waals surface area contributed by atoms with Gasteiger partial charge in [0, 0.05) is 13.2 Å². The molecule has 4 nitrogen and oxygen atoms in total. The molecule has 0 amide bonds. The Morgan fingerprint density at radius 1 is 1.43 bits per heavy atom. The molecule has 1 rings (SSSR count). The average Bonchev–Trinajstić information content (AvgIpc) is 2.21. The number of benzene rings is 1. The van der Waals surface area contributed by atoms with E-state index in [2.05, 4.69) is 0 Å². The van der Waals surface area contributed by atoms with Crippen LogP contribution >= 0.6 is 0 Å². The zero-order chi connectivity index (χ0) is 10.4. The van der Waals surface area contributed by atoms with Crippen LogP contribution in [0.3, 0.4) is 0 Å². The van der Waals surface area contributed by atoms with Crippen LogP contribution in [0, 0.1) is 11.3 Å². The van der Waals surface area contributed by atoms with Crippen molar-refractivity contribution in [3.05, 3.63) is 23.8 Å². The number of methoxy groups -OCH3 is 1. The van der Waals surface area contributed by atoms with E-state index in [1.165, 1.54) is 12.1 Å². The van der Waals surface area contributed by atoms with E-state index >= 15 is 0 Å². The predicted octanol–water partition coefficient (Wildman–Crippen LogP) is 1.29. The predicted molar refractivity (Wildman–Crippen MR) is 50.2 cm³/mol. The van der Waals surface area contributed by atoms with Gasteiger partial charge in [0.25, 0.3) is 0 Å². The Kier molecular flexibility index (Phi) is 3.77. The van der Waals surface area contributed by atoms with Gasteiger partial charge in [0.2, 0.25) is 0 Å². The Morgan fingerprint density at radius 3 is 2.86 bits per heavy atom. The lowest BCUT2D eigenvalue weighted by Crippen LogP contribution is -2.04. The topological polar surface area (TPSA) is 62.5 Å². The van der Waals surface area contributed by atoms with Crippen molar-refractivity contribution in [1.29, 1.82) is 5.26 Å². The van der Waals surface area contributed by atoms with Gasteiger partial charge >= 0.3 is 0 Å². The van der Waals surface area contributed by atoms with Gasteiger partial charge in [-0.25, -0.2) is 0 Å². The number of nitrogens with zero attached hydrogens (tertiary/aromatic N) is 1. The number of aromatic hydroxyl groups is 1. The van der Waals surface area contributed by atoms with Gasteiger partial charge in [-0.15, -0.1) is 0 Å². The fraction of sp³-hybridized carbons (Fsp3) is 0.300. The van der Waals surface area contributed by atoms with Crippen LogP contribution in [0.15, 0.2) is 18.2 Å². The van der Waals surface area contributed by atoms with Crippen LogP contribution in [-0.2, 0) is 4.74 Å². The van der Waals surface area contributed by atoms with Crippen molar-refractivity contribution in [1.82, 2.24) is 0 Å². The molecule has 0 fully saturated rings. The highest BCUT2D eigenvalue weighted by Crippen LogP contribution is 2.21. The number of phenolic OH excluding ortho intramolecular Hbond substituents is 1. The first-order chi connectivity index (χ1) is 6.77. The SMILES string of the molecule is COCCOc1ccc(O)c(C#N)c1. The third kappa shape index (κ3) is 2.64. The Bertz CT molecular complexity index is 344. The minimum absolute atomic E-state index is 0.0356. The van der Waals surface area contributed by atoms with Gasteiger partial charge in [0.15, 0.2) is 0 Å². The van der Waals surface area contributed by atoms with E-state index < -0.39 is 0 Å². The van der Waals surface area contributed by atoms with Crippen molar-refractivity contribution in [3.8, 4) is 17.6 Å². The van der Waals surface area contributed by atoms with Crippen LogP contribution in [-0.4, -0.2) is 25.4 Å². The van der Waals surface area contributed by atoms with E-state index in [1.807, 2.05) is 6.07 Å². The van der Waals surface area contributed by atoms with Crippen LogP contribution < -0.4 is 4.74 Å². The van der Waals surface area contributed by atoms with Crippen molar-refractivity contribution in [2.75, 3.05) is 20.3 Å². The van der Waals surface area contributed by atoms with Gasteiger partial charge in [0.1, 0.15) is 24.2 Å². The van der Waals surface area contributed by atoms with Crippen LogP contribution in [0.2, 0.25) is 0 Å². The maximum atomic E-state index is 9.20. The molecule has 0 aliphatic heterocycles. The molecule has 0 atom stereocenters. The Balaban J connectivity index is 2.66. The van der Waals surface area contributed by atoms with Crippen LogP contribution in [0.25, 0.3) is 0 Å². The second-order valence-electron chi connectivity index (χ2n) is 2.63. The summed E-state index contributed by atoms with van der Waals surface area (Å²) in [5.74, 6) is 0.517. The molecule has 1 N–H and O–H groups in total. The minimum Gasteiger partial charge on any atom is -0.507 e. The van der Waals surface area contributed by atoms with Gasteiger partial charge in [0.05, 0.1) is 12.2 Å². The monoisotopic (exact) mass is 193 g/mol. The molecule has 0 aliphatic rings. The van der Waals surface area contributed by atoms with Gasteiger partial charge < -0.3 is 14.6 Å². The molecule has 4 heteroatoms. The first kappa shape index (κ1) is 10.4. The number of nitriles is 1. The molecule has 0 aromatic heterocycles. The molecule has 0 radical (unpaired) electrons. The normalized spacial score (nSPS) is 9.43. The summed E-state index contributed by atoms with van der Waals surface area (Å²) < 4.78 is 10.1. The molecule has 74 valence electrons. The van der Waals surface area contributed by atoms with Crippen molar-refractivity contribution < 1.29 is 14.6 Å². The number of phenols is 1. The second-order valence-corrected chi connectivity index (χ2v) is 2.63. The van der Waals surface area contributed by atoms with Crippen molar-refractivity contribution in [2.24, 2.45) is 0 Å². The molecule has 0 saturated heterocycles. The van der Waals surface area contributed by atoms with Gasteiger partial charge in [-0.2, -0.15) is 5.26 Å². The molecule has 1 aromatic rings. The van der Waals surface area contributed by atoms with Gasteiger partial charge in [-0.1, -0.05) is 0 Å². The highest BCUT2D eigenvalue weighted by molar-refractivity contribution is 5.46. The molecule has 0 unspecified atom stereocenters. The van der Waals surface area contributed by atoms with E-state index in [9.17, 15) is 5.11 Å². The maximum absolute atomic E-state index is 9.20. The number of hydrogen-bond acceptors (Lipinski definition) is 4. The third-order valence-electron chi connectivity index (χ3n) is 1.64. The number of rotatable bonds is 4. The minimum atomic E-state index is -0.0356. The fourth-order valence-electron chi connectivity index (χ4n) is 0.937. The van der Waals surface area contributed by atoms with E-state index in [-0.39, 0.29) is 11.3 Å². The molecule has 14 heavy (non-hydrogen) atoms. The third-order valence-corrected chi connectivity index (χ3v) is 1.64. The van der Waals surface area contributed by atoms with Crippen molar-refractivity contribution in [2.45, 2.75) is 0 Å². The van der Waals surface area contributed by atoms with Crippen molar-refractivity contribution in [3.63, 3.8) is 0 Å². The fourth-order valence-corrected chi connectivity index (χ4v) is 0.937. The molecule has 0 saturated carbocycles. The lowest BCUT2D eigenvalue weighted by atomic mass is 10.2. The molecular formula is C10H11NO3. The zero-order valence-corrected chi connectivity index (χ0v) is 7.86. The highest BCUT2D eigenvalue weighted by Gasteiger charge is 2.01. The molecular weight excluding hydrogens is 182 g/mol. The quantitative estimate of drug-likeness (QED) is 0.732. The Hall–Kier alpha value is -1.73. The van der Waals surface area contributed by atoms with E-state index in [0.29, 0.717) is 19.0 Å². The summed E-state index contributed by atoms with van der Waals surface area (Å²) >= 11 is 0. The van der Waals surface area contributed by atoms with E-state index in [0.717, 1.165) is 0 Å². The molecule has 1 aromatic carbocycles. The van der Waals surface area contributed by atoms with Gasteiger partial charge in [-0.3, -0.25) is 0 Å². The summed E-state index contributed by atoms with van der Waals surface area (Å²) in [7, 11) is 1.58. The highest BCUT2D eigenvalue weighted by atomic mass is 16.5. The lowest BCUT2D eigenvalue weighted by Gasteiger charge is -2.05. The standard InChI is InChI=1S/C10H11NO3/c1-13-4-5-14-9-2-3-10(12)8(6-9)7-11/h2-3,6,12H,4-5H2,1H3. The van der Waals surface area contributed by atoms with Crippen LogP contribution in [0.5, 0.6) is 11.5 Å². The van der Waals surface area contributed by atoms with Crippen LogP contribution in [0.1, 0.15) is 5.56 Å². The summed E-state index contributed by atoms with van der Waals surface area (Å²) in [4.78, 5) is 0. The smallest absolute Gasteiger partial charge is 0.133 e. The summed E-state index contributed by atoms with van der Waals surface area (Å²) in [6.07, 6.45) is 0. The summed E-state index contributed by atoms with van der Waals surface area (Å²) in [5, 5.41) is 17.8. The van der Waals surface area contributed by atoms with E-state index in [4.69, 9.17) is 14.7 Å². The van der Waals surface area contributed by atoms with Gasteiger partial charge in [-0.05, 0) is 12.1 Å². The Morgan fingerprint density at radius 2 is 2.21 bits per heavy atom. The first-order valence-corrected chi connectivity index (χ1v) is 4.12. The lowest BCUT2D eigenvalue weighted by molar-refractivity contribution is 0.146. The zero-order valence-electron chi connectivity index (χ0n) is 7.86. The molecule has 0 heterocycles. The second kappa shape index (κ2) is 5.10. The van der Waals surface area contributed by atoms with E-state index in [1.54, 1.807) is 13.2 Å².